The van der Waals surface area contributed by atoms with Gasteiger partial charge in [-0.2, -0.15) is 5.10 Å². The summed E-state index contributed by atoms with van der Waals surface area (Å²) in [6, 6.07) is 6.82. The SMILES string of the molecule is CN1CCCc2cc(CNCc3cn[nH]c3)ccc21. The third-order valence-corrected chi connectivity index (χ3v) is 3.71. The highest BCUT2D eigenvalue weighted by Gasteiger charge is 2.13. The monoisotopic (exact) mass is 256 g/mol. The average molecular weight is 256 g/mol. The van der Waals surface area contributed by atoms with E-state index in [-0.39, 0.29) is 0 Å². The lowest BCUT2D eigenvalue weighted by Gasteiger charge is -2.27. The van der Waals surface area contributed by atoms with E-state index < -0.39 is 0 Å². The van der Waals surface area contributed by atoms with Crippen molar-refractivity contribution >= 4 is 5.69 Å². The van der Waals surface area contributed by atoms with Crippen molar-refractivity contribution < 1.29 is 0 Å². The lowest BCUT2D eigenvalue weighted by Crippen LogP contribution is -2.24. The van der Waals surface area contributed by atoms with Crippen molar-refractivity contribution in [2.24, 2.45) is 0 Å². The van der Waals surface area contributed by atoms with Crippen LogP contribution in [0.3, 0.4) is 0 Å². The summed E-state index contributed by atoms with van der Waals surface area (Å²) < 4.78 is 0. The summed E-state index contributed by atoms with van der Waals surface area (Å²) in [4.78, 5) is 2.35. The molecule has 1 aromatic carbocycles. The number of aryl methyl sites for hydroxylation is 1. The van der Waals surface area contributed by atoms with Crippen LogP contribution in [0.4, 0.5) is 5.69 Å². The van der Waals surface area contributed by atoms with Crippen LogP contribution in [0.1, 0.15) is 23.1 Å². The zero-order chi connectivity index (χ0) is 13.1. The normalized spacial score (nSPS) is 14.5. The lowest BCUT2D eigenvalue weighted by molar-refractivity contribution is 0.689. The van der Waals surface area contributed by atoms with Gasteiger partial charge in [-0.3, -0.25) is 5.10 Å². The number of fused-ring (bicyclic) bond motifs is 1. The van der Waals surface area contributed by atoms with Crippen molar-refractivity contribution in [1.82, 2.24) is 15.5 Å². The second-order valence-electron chi connectivity index (χ2n) is 5.20. The van der Waals surface area contributed by atoms with Gasteiger partial charge in [-0.15, -0.1) is 0 Å². The first-order valence-electron chi connectivity index (χ1n) is 6.84. The van der Waals surface area contributed by atoms with Crippen LogP contribution in [0.2, 0.25) is 0 Å². The first kappa shape index (κ1) is 12.2. The smallest absolute Gasteiger partial charge is 0.0532 e. The molecular weight excluding hydrogens is 236 g/mol. The number of aromatic amines is 1. The number of rotatable bonds is 4. The Kier molecular flexibility index (Phi) is 3.51. The van der Waals surface area contributed by atoms with Crippen molar-refractivity contribution in [3.63, 3.8) is 0 Å². The number of nitrogens with one attached hydrogen (secondary N) is 2. The standard InChI is InChI=1S/C15H20N4/c1-19-6-2-3-14-7-12(4-5-15(14)19)8-16-9-13-10-17-18-11-13/h4-5,7,10-11,16H,2-3,6,8-9H2,1H3,(H,17,18). The van der Waals surface area contributed by atoms with Crippen LogP contribution in [-0.2, 0) is 19.5 Å². The fourth-order valence-electron chi connectivity index (χ4n) is 2.67. The Morgan fingerprint density at radius 2 is 2.21 bits per heavy atom. The Morgan fingerprint density at radius 3 is 3.05 bits per heavy atom. The predicted molar refractivity (Wildman–Crippen MR) is 77.2 cm³/mol. The summed E-state index contributed by atoms with van der Waals surface area (Å²) in [6.07, 6.45) is 6.24. The van der Waals surface area contributed by atoms with Gasteiger partial charge in [0.2, 0.25) is 0 Å². The molecule has 2 heterocycles. The van der Waals surface area contributed by atoms with Crippen LogP contribution < -0.4 is 10.2 Å². The molecular formula is C15H20N4. The van der Waals surface area contributed by atoms with Crippen molar-refractivity contribution in [3.8, 4) is 0 Å². The molecule has 4 heteroatoms. The van der Waals surface area contributed by atoms with E-state index in [9.17, 15) is 0 Å². The molecule has 19 heavy (non-hydrogen) atoms. The molecule has 0 fully saturated rings. The molecule has 1 aliphatic rings. The average Bonchev–Trinajstić information content (AvgIpc) is 2.92. The van der Waals surface area contributed by atoms with Gasteiger partial charge in [0.1, 0.15) is 0 Å². The van der Waals surface area contributed by atoms with Gasteiger partial charge in [0.05, 0.1) is 6.20 Å². The molecule has 0 saturated heterocycles. The second-order valence-corrected chi connectivity index (χ2v) is 5.20. The number of hydrogen-bond donors (Lipinski definition) is 2. The van der Waals surface area contributed by atoms with Gasteiger partial charge in [0, 0.05) is 44.1 Å². The maximum Gasteiger partial charge on any atom is 0.0532 e. The molecule has 0 aliphatic carbocycles. The minimum absolute atomic E-state index is 0.855. The van der Waals surface area contributed by atoms with Crippen molar-refractivity contribution in [2.75, 3.05) is 18.5 Å². The molecule has 1 aromatic heterocycles. The Bertz CT molecular complexity index is 533. The molecule has 0 atom stereocenters. The highest BCUT2D eigenvalue weighted by atomic mass is 15.1. The molecule has 2 aromatic rings. The number of benzene rings is 1. The molecule has 0 bridgehead atoms. The summed E-state index contributed by atoms with van der Waals surface area (Å²) >= 11 is 0. The van der Waals surface area contributed by atoms with E-state index >= 15 is 0 Å². The van der Waals surface area contributed by atoms with Crippen LogP contribution >= 0.6 is 0 Å². The molecule has 0 saturated carbocycles. The zero-order valence-corrected chi connectivity index (χ0v) is 11.3. The fraction of sp³-hybridized carbons (Fsp3) is 0.400. The molecule has 0 spiro atoms. The zero-order valence-electron chi connectivity index (χ0n) is 11.3. The first-order valence-corrected chi connectivity index (χ1v) is 6.84. The van der Waals surface area contributed by atoms with Crippen molar-refractivity contribution in [1.29, 1.82) is 0 Å². The minimum Gasteiger partial charge on any atom is -0.374 e. The lowest BCUT2D eigenvalue weighted by atomic mass is 9.99. The van der Waals surface area contributed by atoms with Crippen LogP contribution in [0.5, 0.6) is 0 Å². The topological polar surface area (TPSA) is 44.0 Å². The number of nitrogens with zero attached hydrogens (tertiary/aromatic N) is 2. The summed E-state index contributed by atoms with van der Waals surface area (Å²) in [6.45, 7) is 2.93. The maximum absolute atomic E-state index is 3.94. The number of hydrogen-bond acceptors (Lipinski definition) is 3. The predicted octanol–water partition coefficient (Wildman–Crippen LogP) is 2.08. The highest BCUT2D eigenvalue weighted by Crippen LogP contribution is 2.26. The van der Waals surface area contributed by atoms with E-state index in [0.29, 0.717) is 0 Å². The Labute approximate surface area is 113 Å². The van der Waals surface area contributed by atoms with E-state index in [0.717, 1.165) is 13.1 Å². The highest BCUT2D eigenvalue weighted by molar-refractivity contribution is 5.56. The van der Waals surface area contributed by atoms with Gasteiger partial charge in [-0.25, -0.2) is 0 Å². The first-order chi connectivity index (χ1) is 9.33. The van der Waals surface area contributed by atoms with E-state index in [4.69, 9.17) is 0 Å². The molecule has 2 N–H and O–H groups in total. The molecule has 3 rings (SSSR count). The molecule has 0 amide bonds. The fourth-order valence-corrected chi connectivity index (χ4v) is 2.67. The summed E-state index contributed by atoms with van der Waals surface area (Å²) in [7, 11) is 2.18. The van der Waals surface area contributed by atoms with Gasteiger partial charge in [-0.1, -0.05) is 12.1 Å². The minimum atomic E-state index is 0.855. The quantitative estimate of drug-likeness (QED) is 0.880. The van der Waals surface area contributed by atoms with Crippen LogP contribution in [0.25, 0.3) is 0 Å². The van der Waals surface area contributed by atoms with Crippen molar-refractivity contribution in [3.05, 3.63) is 47.3 Å². The number of H-pyrrole nitrogens is 1. The number of anilines is 1. The third-order valence-electron chi connectivity index (χ3n) is 3.71. The summed E-state index contributed by atoms with van der Waals surface area (Å²) in [5, 5.41) is 10.2. The van der Waals surface area contributed by atoms with Gasteiger partial charge in [0.25, 0.3) is 0 Å². The Hall–Kier alpha value is -1.81. The van der Waals surface area contributed by atoms with Gasteiger partial charge >= 0.3 is 0 Å². The van der Waals surface area contributed by atoms with Crippen LogP contribution in [0.15, 0.2) is 30.6 Å². The van der Waals surface area contributed by atoms with Gasteiger partial charge in [0.15, 0.2) is 0 Å². The molecule has 4 nitrogen and oxygen atoms in total. The van der Waals surface area contributed by atoms with Gasteiger partial charge < -0.3 is 10.2 Å². The molecule has 0 unspecified atom stereocenters. The summed E-state index contributed by atoms with van der Waals surface area (Å²) in [5.74, 6) is 0. The Morgan fingerprint density at radius 1 is 1.32 bits per heavy atom. The van der Waals surface area contributed by atoms with E-state index in [2.05, 4.69) is 45.7 Å². The second kappa shape index (κ2) is 5.45. The molecule has 1 aliphatic heterocycles. The summed E-state index contributed by atoms with van der Waals surface area (Å²) in [5.41, 5.74) is 5.43. The molecule has 100 valence electrons. The van der Waals surface area contributed by atoms with Crippen LogP contribution in [0, 0.1) is 0 Å². The largest absolute Gasteiger partial charge is 0.374 e. The van der Waals surface area contributed by atoms with E-state index in [1.165, 1.54) is 41.8 Å². The maximum atomic E-state index is 3.94. The Balaban J connectivity index is 1.62. The van der Waals surface area contributed by atoms with Crippen molar-refractivity contribution in [2.45, 2.75) is 25.9 Å². The van der Waals surface area contributed by atoms with Gasteiger partial charge in [-0.05, 0) is 30.0 Å². The third kappa shape index (κ3) is 2.79. The number of aromatic nitrogens is 2. The van der Waals surface area contributed by atoms with E-state index in [1.54, 1.807) is 0 Å². The van der Waals surface area contributed by atoms with Crippen LogP contribution in [-0.4, -0.2) is 23.8 Å². The van der Waals surface area contributed by atoms with E-state index in [1.807, 2.05) is 12.4 Å². The molecule has 0 radical (unpaired) electrons.